The maximum Gasteiger partial charge on any atom is 0.547 e. The molecule has 2 aromatic rings. The van der Waals surface area contributed by atoms with E-state index < -0.39 is 19.0 Å². The monoisotopic (exact) mass is 465 g/mol. The van der Waals surface area contributed by atoms with E-state index in [4.69, 9.17) is 10.4 Å². The molecule has 0 saturated heterocycles. The SMILES string of the molecule is NCc1ccccc1CNC1CCC(CC(=O)N[C@H]2Cc3cccc(C(=O)O)c3OB2O)CC1. The number of carbonyl (C=O) groups excluding carboxylic acids is 1. The molecular formula is C25H32BN3O5. The number of nitrogens with two attached hydrogens (primary N) is 1. The second-order valence-corrected chi connectivity index (χ2v) is 9.26. The lowest BCUT2D eigenvalue weighted by Crippen LogP contribution is -2.53. The van der Waals surface area contributed by atoms with E-state index in [9.17, 15) is 19.7 Å². The van der Waals surface area contributed by atoms with Crippen LogP contribution in [0.1, 0.15) is 59.2 Å². The maximum atomic E-state index is 12.7. The predicted octanol–water partition coefficient (Wildman–Crippen LogP) is 2.02. The molecule has 1 heterocycles. The van der Waals surface area contributed by atoms with Gasteiger partial charge in [0, 0.05) is 25.6 Å². The first-order valence-corrected chi connectivity index (χ1v) is 11.9. The number of nitrogens with one attached hydrogen (secondary N) is 2. The molecule has 1 fully saturated rings. The fraction of sp³-hybridized carbons (Fsp3) is 0.440. The lowest BCUT2D eigenvalue weighted by molar-refractivity contribution is -0.122. The zero-order valence-corrected chi connectivity index (χ0v) is 19.2. The summed E-state index contributed by atoms with van der Waals surface area (Å²) in [6.45, 7) is 1.33. The van der Waals surface area contributed by atoms with Crippen LogP contribution in [-0.4, -0.2) is 41.1 Å². The van der Waals surface area contributed by atoms with E-state index in [0.717, 1.165) is 37.8 Å². The van der Waals surface area contributed by atoms with E-state index in [1.165, 1.54) is 11.6 Å². The molecule has 1 amide bonds. The molecule has 1 atom stereocenters. The number of aromatic carboxylic acids is 1. The molecule has 0 radical (unpaired) electrons. The van der Waals surface area contributed by atoms with Crippen LogP contribution in [0.3, 0.4) is 0 Å². The Balaban J connectivity index is 1.23. The minimum atomic E-state index is -1.28. The summed E-state index contributed by atoms with van der Waals surface area (Å²) >= 11 is 0. The van der Waals surface area contributed by atoms with Crippen molar-refractivity contribution in [2.24, 2.45) is 11.7 Å². The molecule has 0 aromatic heterocycles. The van der Waals surface area contributed by atoms with Gasteiger partial charge in [-0.2, -0.15) is 0 Å². The molecule has 0 bridgehead atoms. The van der Waals surface area contributed by atoms with Crippen molar-refractivity contribution in [3.63, 3.8) is 0 Å². The molecule has 1 aliphatic heterocycles. The van der Waals surface area contributed by atoms with Crippen LogP contribution >= 0.6 is 0 Å². The van der Waals surface area contributed by atoms with Gasteiger partial charge in [-0.15, -0.1) is 0 Å². The van der Waals surface area contributed by atoms with Crippen LogP contribution in [0.25, 0.3) is 0 Å². The Morgan fingerprint density at radius 3 is 2.50 bits per heavy atom. The minimum Gasteiger partial charge on any atom is -0.534 e. The summed E-state index contributed by atoms with van der Waals surface area (Å²) in [5.74, 6) is -1.35. The normalized spacial score (nSPS) is 21.9. The zero-order valence-electron chi connectivity index (χ0n) is 19.2. The van der Waals surface area contributed by atoms with Gasteiger partial charge in [-0.3, -0.25) is 4.79 Å². The van der Waals surface area contributed by atoms with Gasteiger partial charge in [-0.05, 0) is 60.8 Å². The Kier molecular flexibility index (Phi) is 7.87. The van der Waals surface area contributed by atoms with Crippen molar-refractivity contribution >= 4 is 19.0 Å². The first-order chi connectivity index (χ1) is 16.4. The Morgan fingerprint density at radius 1 is 1.06 bits per heavy atom. The molecule has 4 rings (SSSR count). The number of para-hydroxylation sites is 1. The number of hydrogen-bond donors (Lipinski definition) is 5. The molecule has 34 heavy (non-hydrogen) atoms. The molecular weight excluding hydrogens is 433 g/mol. The third-order valence-electron chi connectivity index (χ3n) is 6.94. The van der Waals surface area contributed by atoms with Crippen LogP contribution in [0.4, 0.5) is 0 Å². The average molecular weight is 465 g/mol. The van der Waals surface area contributed by atoms with Crippen molar-refractivity contribution in [1.29, 1.82) is 0 Å². The molecule has 1 aliphatic carbocycles. The van der Waals surface area contributed by atoms with Crippen LogP contribution < -0.4 is 21.0 Å². The molecule has 9 heteroatoms. The summed E-state index contributed by atoms with van der Waals surface area (Å²) in [5, 5.41) is 26.2. The van der Waals surface area contributed by atoms with Crippen molar-refractivity contribution in [2.45, 2.75) is 63.6 Å². The Labute approximate surface area is 200 Å². The summed E-state index contributed by atoms with van der Waals surface area (Å²) in [6.07, 6.45) is 4.71. The van der Waals surface area contributed by atoms with E-state index in [2.05, 4.69) is 22.8 Å². The van der Waals surface area contributed by atoms with Crippen LogP contribution in [0.5, 0.6) is 5.75 Å². The summed E-state index contributed by atoms with van der Waals surface area (Å²) in [7, 11) is -1.28. The number of carboxylic acids is 1. The van der Waals surface area contributed by atoms with Crippen LogP contribution in [0.15, 0.2) is 42.5 Å². The van der Waals surface area contributed by atoms with Gasteiger partial charge >= 0.3 is 13.1 Å². The Hall–Kier alpha value is -2.88. The van der Waals surface area contributed by atoms with Gasteiger partial charge < -0.3 is 31.2 Å². The smallest absolute Gasteiger partial charge is 0.534 e. The van der Waals surface area contributed by atoms with Crippen molar-refractivity contribution in [3.05, 3.63) is 64.7 Å². The quantitative estimate of drug-likeness (QED) is 0.377. The summed E-state index contributed by atoms with van der Waals surface area (Å²) in [4.78, 5) is 24.1. The van der Waals surface area contributed by atoms with Crippen molar-refractivity contribution < 1.29 is 24.4 Å². The predicted molar refractivity (Wildman–Crippen MR) is 129 cm³/mol. The highest BCUT2D eigenvalue weighted by Crippen LogP contribution is 2.31. The molecule has 1 saturated carbocycles. The average Bonchev–Trinajstić information content (AvgIpc) is 2.83. The highest BCUT2D eigenvalue weighted by molar-refractivity contribution is 6.47. The maximum absolute atomic E-state index is 12.7. The second-order valence-electron chi connectivity index (χ2n) is 9.26. The van der Waals surface area contributed by atoms with Gasteiger partial charge in [-0.1, -0.05) is 36.4 Å². The van der Waals surface area contributed by atoms with Crippen LogP contribution in [0.2, 0.25) is 0 Å². The van der Waals surface area contributed by atoms with E-state index in [-0.39, 0.29) is 17.2 Å². The van der Waals surface area contributed by atoms with E-state index in [0.29, 0.717) is 36.9 Å². The molecule has 2 aliphatic rings. The number of carbonyl (C=O) groups is 2. The number of hydrogen-bond acceptors (Lipinski definition) is 6. The van der Waals surface area contributed by atoms with Gasteiger partial charge in [0.1, 0.15) is 5.75 Å². The van der Waals surface area contributed by atoms with Crippen molar-refractivity contribution in [2.75, 3.05) is 0 Å². The van der Waals surface area contributed by atoms with Gasteiger partial charge in [0.15, 0.2) is 0 Å². The van der Waals surface area contributed by atoms with E-state index in [1.54, 1.807) is 12.1 Å². The number of rotatable bonds is 8. The molecule has 0 spiro atoms. The molecule has 6 N–H and O–H groups in total. The van der Waals surface area contributed by atoms with E-state index >= 15 is 0 Å². The fourth-order valence-electron chi connectivity index (χ4n) is 5.00. The lowest BCUT2D eigenvalue weighted by atomic mass is 9.72. The molecule has 2 aromatic carbocycles. The third kappa shape index (κ3) is 5.78. The van der Waals surface area contributed by atoms with Gasteiger partial charge in [-0.25, -0.2) is 4.79 Å². The Bertz CT molecular complexity index is 1030. The molecule has 180 valence electrons. The summed E-state index contributed by atoms with van der Waals surface area (Å²) < 4.78 is 5.47. The first-order valence-electron chi connectivity index (χ1n) is 11.9. The topological polar surface area (TPSA) is 134 Å². The third-order valence-corrected chi connectivity index (χ3v) is 6.94. The molecule has 8 nitrogen and oxygen atoms in total. The van der Waals surface area contributed by atoms with Crippen LogP contribution in [-0.2, 0) is 24.3 Å². The number of benzene rings is 2. The first kappa shape index (κ1) is 24.3. The fourth-order valence-corrected chi connectivity index (χ4v) is 5.00. The highest BCUT2D eigenvalue weighted by atomic mass is 16.5. The molecule has 0 unspecified atom stereocenters. The van der Waals surface area contributed by atoms with Gasteiger partial charge in [0.05, 0.1) is 11.5 Å². The number of amides is 1. The van der Waals surface area contributed by atoms with Crippen molar-refractivity contribution in [3.8, 4) is 5.75 Å². The second kappa shape index (κ2) is 11.0. The van der Waals surface area contributed by atoms with E-state index in [1.807, 2.05) is 12.1 Å². The largest absolute Gasteiger partial charge is 0.547 e. The lowest BCUT2D eigenvalue weighted by Gasteiger charge is -2.31. The summed E-state index contributed by atoms with van der Waals surface area (Å²) in [5.41, 5.74) is 8.90. The standard InChI is InChI=1S/C25H32BN3O5/c27-14-18-4-1-2-5-19(18)15-28-20-10-8-16(9-11-20)12-23(30)29-22-13-17-6-3-7-21(25(31)32)24(17)34-26(22)33/h1-7,16,20,22,28,33H,8-15,27H2,(H,29,30)(H,31,32)/t16?,20?,22-/m0/s1. The number of carboxylic acid groups (broad SMARTS) is 1. The minimum absolute atomic E-state index is 0.0122. The highest BCUT2D eigenvalue weighted by Gasteiger charge is 2.38. The summed E-state index contributed by atoms with van der Waals surface area (Å²) in [6, 6.07) is 13.5. The van der Waals surface area contributed by atoms with Gasteiger partial charge in [0.2, 0.25) is 5.91 Å². The Morgan fingerprint density at radius 2 is 1.79 bits per heavy atom. The van der Waals surface area contributed by atoms with Crippen molar-refractivity contribution in [1.82, 2.24) is 10.6 Å². The zero-order chi connectivity index (χ0) is 24.1. The number of fused-ring (bicyclic) bond motifs is 1. The van der Waals surface area contributed by atoms with Crippen LogP contribution in [0, 0.1) is 5.92 Å². The van der Waals surface area contributed by atoms with Gasteiger partial charge in [0.25, 0.3) is 0 Å².